The first-order valence-corrected chi connectivity index (χ1v) is 6.09. The number of imidazole rings is 1. The van der Waals surface area contributed by atoms with Crippen LogP contribution in [0.5, 0.6) is 5.75 Å². The van der Waals surface area contributed by atoms with Crippen molar-refractivity contribution in [3.05, 3.63) is 51.6 Å². The lowest BCUT2D eigenvalue weighted by Crippen LogP contribution is -2.06. The van der Waals surface area contributed by atoms with Gasteiger partial charge in [0.1, 0.15) is 12.8 Å². The summed E-state index contributed by atoms with van der Waals surface area (Å²) in [5.41, 5.74) is 0.465. The first-order valence-electron chi connectivity index (χ1n) is 6.09. The lowest BCUT2D eigenvalue weighted by atomic mass is 10.2. The molecule has 8 nitrogen and oxygen atoms in total. The van der Waals surface area contributed by atoms with Gasteiger partial charge >= 0.3 is 11.9 Å². The third-order valence-corrected chi connectivity index (χ3v) is 2.95. The number of carbonyl (C=O) groups is 1. The second-order valence-electron chi connectivity index (χ2n) is 4.29. The molecule has 0 amide bonds. The largest absolute Gasteiger partial charge is 0.483 e. The van der Waals surface area contributed by atoms with E-state index in [1.165, 1.54) is 37.1 Å². The third-order valence-electron chi connectivity index (χ3n) is 2.95. The van der Waals surface area contributed by atoms with Crippen LogP contribution in [-0.2, 0) is 18.4 Å². The lowest BCUT2D eigenvalue weighted by molar-refractivity contribution is -0.396. The second-order valence-corrected chi connectivity index (χ2v) is 4.29. The van der Waals surface area contributed by atoms with Gasteiger partial charge in [-0.05, 0) is 23.1 Å². The molecule has 1 heterocycles. The predicted octanol–water partition coefficient (Wildman–Crippen LogP) is 1.83. The highest BCUT2D eigenvalue weighted by Gasteiger charge is 2.18. The monoisotopic (exact) mass is 309 g/mol. The summed E-state index contributed by atoms with van der Waals surface area (Å²) in [6.07, 6.45) is 1.28. The van der Waals surface area contributed by atoms with Crippen LogP contribution in [0.15, 0.2) is 24.4 Å². The zero-order valence-corrected chi connectivity index (χ0v) is 11.8. The number of halogens is 1. The summed E-state index contributed by atoms with van der Waals surface area (Å²) in [5.74, 6) is -1.82. The van der Waals surface area contributed by atoms with E-state index < -0.39 is 16.7 Å². The molecule has 0 saturated carbocycles. The lowest BCUT2D eigenvalue weighted by Gasteiger charge is -2.07. The molecular formula is C13H12FN3O5. The van der Waals surface area contributed by atoms with Gasteiger partial charge in [-0.1, -0.05) is 4.98 Å². The molecule has 0 atom stereocenters. The first-order chi connectivity index (χ1) is 10.4. The number of ether oxygens (including phenoxy) is 2. The topological polar surface area (TPSA) is 96.5 Å². The van der Waals surface area contributed by atoms with Crippen molar-refractivity contribution in [1.29, 1.82) is 0 Å². The van der Waals surface area contributed by atoms with Crippen molar-refractivity contribution in [1.82, 2.24) is 9.55 Å². The number of carbonyl (C=O) groups excluding carboxylic acids is 1. The van der Waals surface area contributed by atoms with Gasteiger partial charge < -0.3 is 19.6 Å². The van der Waals surface area contributed by atoms with Crippen LogP contribution in [0.4, 0.5) is 10.3 Å². The Morgan fingerprint density at radius 3 is 2.77 bits per heavy atom. The smallest absolute Gasteiger partial charge is 0.434 e. The van der Waals surface area contributed by atoms with E-state index in [0.29, 0.717) is 5.69 Å². The highest BCUT2D eigenvalue weighted by molar-refractivity contribution is 5.89. The van der Waals surface area contributed by atoms with Crippen LogP contribution in [0.3, 0.4) is 0 Å². The quantitative estimate of drug-likeness (QED) is 0.475. The molecule has 0 saturated heterocycles. The fourth-order valence-corrected chi connectivity index (χ4v) is 1.75. The van der Waals surface area contributed by atoms with Crippen molar-refractivity contribution in [2.24, 2.45) is 7.05 Å². The molecule has 0 N–H and O–H groups in total. The normalized spacial score (nSPS) is 10.3. The number of aromatic nitrogens is 2. The molecule has 22 heavy (non-hydrogen) atoms. The number of methoxy groups -OCH3 is 1. The van der Waals surface area contributed by atoms with Gasteiger partial charge in [0.15, 0.2) is 17.3 Å². The van der Waals surface area contributed by atoms with Crippen LogP contribution in [0.1, 0.15) is 16.1 Å². The zero-order valence-electron chi connectivity index (χ0n) is 11.8. The molecule has 116 valence electrons. The SMILES string of the molecule is COC(=O)c1ccc(OCc2cnc([N+](=O)[O-])n2C)c(F)c1. The van der Waals surface area contributed by atoms with E-state index in [0.717, 1.165) is 6.07 Å². The maximum Gasteiger partial charge on any atom is 0.434 e. The molecule has 2 rings (SSSR count). The van der Waals surface area contributed by atoms with Crippen LogP contribution in [0.2, 0.25) is 0 Å². The highest BCUT2D eigenvalue weighted by Crippen LogP contribution is 2.21. The standard InChI is InChI=1S/C13H12FN3O5/c1-16-9(6-15-13(16)17(19)20)7-22-11-4-3-8(5-10(11)14)12(18)21-2/h3-6H,7H2,1-2H3. The number of benzene rings is 1. The Morgan fingerprint density at radius 2 is 2.23 bits per heavy atom. The van der Waals surface area contributed by atoms with Crippen LogP contribution in [0.25, 0.3) is 0 Å². The van der Waals surface area contributed by atoms with Crippen molar-refractivity contribution in [2.75, 3.05) is 7.11 Å². The van der Waals surface area contributed by atoms with Gasteiger partial charge in [0, 0.05) is 0 Å². The fraction of sp³-hybridized carbons (Fsp3) is 0.231. The van der Waals surface area contributed by atoms with Gasteiger partial charge in [-0.2, -0.15) is 0 Å². The van der Waals surface area contributed by atoms with Crippen LogP contribution >= 0.6 is 0 Å². The van der Waals surface area contributed by atoms with Gasteiger partial charge in [-0.25, -0.2) is 13.8 Å². The Bertz CT molecular complexity index is 728. The number of rotatable bonds is 5. The van der Waals surface area contributed by atoms with E-state index in [4.69, 9.17) is 4.74 Å². The van der Waals surface area contributed by atoms with Gasteiger partial charge in [0.2, 0.25) is 0 Å². The van der Waals surface area contributed by atoms with Crippen molar-refractivity contribution < 1.29 is 23.6 Å². The van der Waals surface area contributed by atoms with Crippen molar-refractivity contribution in [2.45, 2.75) is 6.61 Å². The molecule has 2 aromatic rings. The molecule has 0 aliphatic rings. The van der Waals surface area contributed by atoms with Gasteiger partial charge in [-0.3, -0.25) is 0 Å². The first kappa shape index (κ1) is 15.4. The Balaban J connectivity index is 2.12. The Kier molecular flexibility index (Phi) is 4.35. The third kappa shape index (κ3) is 3.03. The second kappa shape index (κ2) is 6.20. The number of hydrogen-bond acceptors (Lipinski definition) is 6. The van der Waals surface area contributed by atoms with E-state index in [2.05, 4.69) is 9.72 Å². The minimum absolute atomic E-state index is 0.0588. The van der Waals surface area contributed by atoms with Crippen LogP contribution in [0, 0.1) is 15.9 Å². The van der Waals surface area contributed by atoms with E-state index in [9.17, 15) is 19.3 Å². The molecule has 1 aromatic carbocycles. The summed E-state index contributed by atoms with van der Waals surface area (Å²) in [5, 5.41) is 10.7. The summed E-state index contributed by atoms with van der Waals surface area (Å²) >= 11 is 0. The molecule has 0 radical (unpaired) electrons. The molecule has 0 fully saturated rings. The summed E-state index contributed by atoms with van der Waals surface area (Å²) in [6.45, 7) is -0.105. The molecule has 0 bridgehead atoms. The van der Waals surface area contributed by atoms with Crippen molar-refractivity contribution in [3.8, 4) is 5.75 Å². The Morgan fingerprint density at radius 1 is 1.50 bits per heavy atom. The molecule has 9 heteroatoms. The fourth-order valence-electron chi connectivity index (χ4n) is 1.75. The summed E-state index contributed by atoms with van der Waals surface area (Å²) < 4.78 is 24.8. The minimum Gasteiger partial charge on any atom is -0.483 e. The van der Waals surface area contributed by atoms with Crippen LogP contribution < -0.4 is 4.74 Å². The zero-order chi connectivity index (χ0) is 16.3. The van der Waals surface area contributed by atoms with E-state index in [-0.39, 0.29) is 23.9 Å². The highest BCUT2D eigenvalue weighted by atomic mass is 19.1. The number of nitrogens with zero attached hydrogens (tertiary/aromatic N) is 3. The predicted molar refractivity (Wildman–Crippen MR) is 71.9 cm³/mol. The maximum absolute atomic E-state index is 13.8. The maximum atomic E-state index is 13.8. The molecule has 1 aromatic heterocycles. The molecule has 0 spiro atoms. The molecule has 0 aliphatic carbocycles. The molecular weight excluding hydrogens is 297 g/mol. The van der Waals surface area contributed by atoms with Gasteiger partial charge in [-0.15, -0.1) is 0 Å². The van der Waals surface area contributed by atoms with Crippen molar-refractivity contribution in [3.63, 3.8) is 0 Å². The summed E-state index contributed by atoms with van der Waals surface area (Å²) in [7, 11) is 2.65. The summed E-state index contributed by atoms with van der Waals surface area (Å²) in [4.78, 5) is 24.9. The van der Waals surface area contributed by atoms with E-state index >= 15 is 0 Å². The van der Waals surface area contributed by atoms with Gasteiger partial charge in [0.25, 0.3) is 0 Å². The summed E-state index contributed by atoms with van der Waals surface area (Å²) in [6, 6.07) is 3.63. The average Bonchev–Trinajstić information content (AvgIpc) is 2.86. The van der Waals surface area contributed by atoms with Gasteiger partial charge in [0.05, 0.1) is 19.7 Å². The minimum atomic E-state index is -0.737. The van der Waals surface area contributed by atoms with Crippen LogP contribution in [-0.4, -0.2) is 27.6 Å². The van der Waals surface area contributed by atoms with E-state index in [1.54, 1.807) is 0 Å². The average molecular weight is 309 g/mol. The number of hydrogen-bond donors (Lipinski definition) is 0. The van der Waals surface area contributed by atoms with E-state index in [1.807, 2.05) is 0 Å². The molecule has 0 unspecified atom stereocenters. The number of nitro groups is 1. The number of esters is 1. The Hall–Kier alpha value is -2.97. The van der Waals surface area contributed by atoms with Crippen molar-refractivity contribution >= 4 is 11.9 Å². The molecule has 0 aliphatic heterocycles. The Labute approximate surface area is 124 Å².